The highest BCUT2D eigenvalue weighted by Crippen LogP contribution is 2.34. The number of carbonyl (C=O) groups excluding carboxylic acids is 1. The Bertz CT molecular complexity index is 1750. The number of hydrogen-bond acceptors (Lipinski definition) is 10. The van der Waals surface area contributed by atoms with Gasteiger partial charge in [0.1, 0.15) is 10.8 Å². The fourth-order valence-electron chi connectivity index (χ4n) is 5.70. The number of aryl methyl sites for hydroxylation is 4. The number of aliphatic hydroxyl groups excluding tert-OH is 5. The summed E-state index contributed by atoms with van der Waals surface area (Å²) in [4.78, 5) is 17.0. The van der Waals surface area contributed by atoms with Crippen LogP contribution in [0.15, 0.2) is 70.2 Å². The third-order valence-corrected chi connectivity index (χ3v) is 9.67. The molecule has 0 fully saturated rings. The third-order valence-electron chi connectivity index (χ3n) is 8.43. The van der Waals surface area contributed by atoms with Crippen molar-refractivity contribution in [2.45, 2.75) is 106 Å². The average Bonchev–Trinajstić information content (AvgIpc) is 3.45. The van der Waals surface area contributed by atoms with Crippen LogP contribution in [-0.4, -0.2) is 54.6 Å². The number of quaternary nitrogens is 1. The highest BCUT2D eigenvalue weighted by atomic mass is 32.1. The second kappa shape index (κ2) is 19.5. The first-order valence-electron chi connectivity index (χ1n) is 16.7. The van der Waals surface area contributed by atoms with Gasteiger partial charge < -0.3 is 31.7 Å². The fraction of sp³-hybridized carbons (Fsp3) is 0.436. The number of rotatable bonds is 13. The van der Waals surface area contributed by atoms with Gasteiger partial charge in [-0.15, -0.1) is 16.5 Å². The summed E-state index contributed by atoms with van der Waals surface area (Å²) in [6.07, 6.45) is 0.953. The molecule has 10 nitrogen and oxygen atoms in total. The standard InChI is InChI=1S/C29H29N3O3S.C10H22O3.H3N/c1-16-6-11-25-28(19(16)4)36-29(30-25)21-7-9-24(10-8-21)31-32-27(20(5)34)26(35)14-22-12-17(2)18(3)13-23(22)15-33;1-7(11)4-10(5-8(2)12)6-9(3)13;/h6-13,33,35H,14-15H2,1-5H3;7-13H,4-6H2,1-3H3;1H3/p+1. The normalized spacial score (nSPS) is 14.3. The van der Waals surface area contributed by atoms with E-state index in [0.717, 1.165) is 32.8 Å². The number of aliphatic hydroxyl groups is 5. The lowest BCUT2D eigenvalue weighted by Crippen LogP contribution is -2.19. The molecule has 11 heteroatoms. The maximum Gasteiger partial charge on any atom is 0.183 e. The zero-order chi connectivity index (χ0) is 36.4. The monoisotopic (exact) mass is 707 g/mol. The summed E-state index contributed by atoms with van der Waals surface area (Å²) in [7, 11) is 0. The first-order chi connectivity index (χ1) is 23.1. The maximum absolute atomic E-state index is 12.2. The van der Waals surface area contributed by atoms with Crippen LogP contribution in [0.25, 0.3) is 20.8 Å². The van der Waals surface area contributed by atoms with Crippen molar-refractivity contribution in [3.05, 3.63) is 93.4 Å². The summed E-state index contributed by atoms with van der Waals surface area (Å²) in [6, 6.07) is 15.4. The van der Waals surface area contributed by atoms with Gasteiger partial charge in [-0.1, -0.05) is 18.2 Å². The molecule has 272 valence electrons. The molecule has 0 aliphatic rings. The van der Waals surface area contributed by atoms with Crippen molar-refractivity contribution in [1.82, 2.24) is 11.1 Å². The Kier molecular flexibility index (Phi) is 16.5. The first-order valence-corrected chi connectivity index (χ1v) is 17.5. The second-order valence-electron chi connectivity index (χ2n) is 13.1. The van der Waals surface area contributed by atoms with E-state index in [0.29, 0.717) is 30.5 Å². The molecule has 1 heterocycles. The van der Waals surface area contributed by atoms with Crippen LogP contribution in [0.4, 0.5) is 5.69 Å². The van der Waals surface area contributed by atoms with Crippen LogP contribution in [-0.2, 0) is 17.8 Å². The topological polar surface area (TPSA) is 192 Å². The molecule has 4 aromatic rings. The van der Waals surface area contributed by atoms with Crippen molar-refractivity contribution < 1.29 is 30.3 Å². The van der Waals surface area contributed by atoms with E-state index in [9.17, 15) is 30.3 Å². The molecule has 0 saturated carbocycles. The number of thiazole rings is 1. The Hall–Kier alpha value is -3.84. The summed E-state index contributed by atoms with van der Waals surface area (Å²) < 4.78 is 1.19. The van der Waals surface area contributed by atoms with Gasteiger partial charge in [0.25, 0.3) is 0 Å². The third kappa shape index (κ3) is 12.2. The molecule has 3 atom stereocenters. The number of nitrogens with zero attached hydrogens (tertiary/aromatic N) is 3. The maximum atomic E-state index is 12.2. The van der Waals surface area contributed by atoms with Crippen molar-refractivity contribution >= 4 is 33.0 Å². The Labute approximate surface area is 299 Å². The predicted octanol–water partition coefficient (Wildman–Crippen LogP) is 8.67. The highest BCUT2D eigenvalue weighted by molar-refractivity contribution is 7.21. The number of hydrogen-bond donors (Lipinski definition) is 6. The van der Waals surface area contributed by atoms with Crippen LogP contribution in [0, 0.1) is 33.6 Å². The molecular formula is C39H55N4O6S+. The van der Waals surface area contributed by atoms with Crippen LogP contribution in [0.3, 0.4) is 0 Å². The molecule has 9 N–H and O–H groups in total. The van der Waals surface area contributed by atoms with Crippen molar-refractivity contribution in [1.29, 1.82) is 0 Å². The summed E-state index contributed by atoms with van der Waals surface area (Å²) in [6.45, 7) is 14.5. The molecule has 3 aromatic carbocycles. The zero-order valence-corrected chi connectivity index (χ0v) is 31.7. The van der Waals surface area contributed by atoms with E-state index in [1.807, 2.05) is 56.3 Å². The number of fused-ring (bicyclic) bond motifs is 1. The molecule has 0 spiro atoms. The van der Waals surface area contributed by atoms with Crippen LogP contribution >= 0.6 is 11.3 Å². The van der Waals surface area contributed by atoms with Gasteiger partial charge in [-0.25, -0.2) is 4.98 Å². The molecule has 0 aliphatic heterocycles. The van der Waals surface area contributed by atoms with Crippen LogP contribution in [0.1, 0.15) is 80.3 Å². The highest BCUT2D eigenvalue weighted by Gasteiger charge is 2.17. The summed E-state index contributed by atoms with van der Waals surface area (Å²) in [5, 5.41) is 57.2. The van der Waals surface area contributed by atoms with Gasteiger partial charge in [-0.3, -0.25) is 4.79 Å². The van der Waals surface area contributed by atoms with Gasteiger partial charge in [0, 0.05) is 18.9 Å². The number of Topliss-reactive ketones (excluding diaryl/α,β-unsaturated/α-hetero) is 1. The minimum atomic E-state index is -0.387. The lowest BCUT2D eigenvalue weighted by atomic mass is 9.91. The van der Waals surface area contributed by atoms with Gasteiger partial charge in [0.15, 0.2) is 11.5 Å². The van der Waals surface area contributed by atoms with Gasteiger partial charge in [0.2, 0.25) is 0 Å². The Morgan fingerprint density at radius 2 is 1.36 bits per heavy atom. The van der Waals surface area contributed by atoms with E-state index in [4.69, 9.17) is 4.98 Å². The van der Waals surface area contributed by atoms with Gasteiger partial charge in [0.05, 0.1) is 40.8 Å². The largest absolute Gasteiger partial charge is 0.509 e. The Morgan fingerprint density at radius 1 is 0.820 bits per heavy atom. The molecule has 0 bridgehead atoms. The minimum absolute atomic E-state index is 0. The molecule has 4 rings (SSSR count). The molecule has 3 unspecified atom stereocenters. The lowest BCUT2D eigenvalue weighted by molar-refractivity contribution is -0.113. The predicted molar refractivity (Wildman–Crippen MR) is 203 cm³/mol. The number of benzene rings is 3. The molecule has 0 saturated heterocycles. The van der Waals surface area contributed by atoms with Gasteiger partial charge >= 0.3 is 0 Å². The van der Waals surface area contributed by atoms with Crippen LogP contribution in [0.2, 0.25) is 0 Å². The molecular weight excluding hydrogens is 653 g/mol. The second-order valence-corrected chi connectivity index (χ2v) is 14.1. The van der Waals surface area contributed by atoms with E-state index in [1.165, 1.54) is 22.8 Å². The number of allylic oxidation sites excluding steroid dienone is 2. The Morgan fingerprint density at radius 3 is 1.86 bits per heavy atom. The Balaban J connectivity index is 0.000000529. The molecule has 1 aromatic heterocycles. The van der Waals surface area contributed by atoms with E-state index in [2.05, 4.69) is 30.1 Å². The molecule has 0 amide bonds. The SMILES string of the molecule is CC(=O)C(N=Nc1ccc(-c2nc3ccc(C)c(C)c3s2)cc1)=C(O)Cc1cc(C)c(C)cc1CO.CC(O)CC(CC(C)O)CC(C)O.[NH4+]. The zero-order valence-electron chi connectivity index (χ0n) is 30.9. The van der Waals surface area contributed by atoms with E-state index < -0.39 is 0 Å². The minimum Gasteiger partial charge on any atom is -0.509 e. The van der Waals surface area contributed by atoms with Crippen molar-refractivity contribution in [2.75, 3.05) is 0 Å². The number of aromatic nitrogens is 1. The average molecular weight is 708 g/mol. The van der Waals surface area contributed by atoms with Crippen molar-refractivity contribution in [3.8, 4) is 10.6 Å². The summed E-state index contributed by atoms with van der Waals surface area (Å²) >= 11 is 1.66. The number of azo groups is 1. The van der Waals surface area contributed by atoms with Crippen LogP contribution < -0.4 is 6.15 Å². The van der Waals surface area contributed by atoms with Crippen molar-refractivity contribution in [2.24, 2.45) is 16.1 Å². The summed E-state index contributed by atoms with van der Waals surface area (Å²) in [5.41, 5.74) is 8.46. The first kappa shape index (κ1) is 42.3. The summed E-state index contributed by atoms with van der Waals surface area (Å²) in [5.74, 6) is -0.358. The molecule has 0 radical (unpaired) electrons. The molecule has 50 heavy (non-hydrogen) atoms. The van der Waals surface area contributed by atoms with E-state index in [-0.39, 0.29) is 60.6 Å². The number of carbonyl (C=O) groups is 1. The quantitative estimate of drug-likeness (QED) is 0.0455. The van der Waals surface area contributed by atoms with Crippen LogP contribution in [0.5, 0.6) is 0 Å². The van der Waals surface area contributed by atoms with Gasteiger partial charge in [-0.2, -0.15) is 5.11 Å². The lowest BCUT2D eigenvalue weighted by Gasteiger charge is -2.21. The number of ketones is 1. The fourth-order valence-corrected chi connectivity index (χ4v) is 6.83. The van der Waals surface area contributed by atoms with E-state index in [1.54, 1.807) is 32.1 Å². The van der Waals surface area contributed by atoms with Crippen molar-refractivity contribution in [3.63, 3.8) is 0 Å². The smallest absolute Gasteiger partial charge is 0.183 e. The van der Waals surface area contributed by atoms with E-state index >= 15 is 0 Å². The van der Waals surface area contributed by atoms with Gasteiger partial charge in [-0.05, 0) is 137 Å². The molecule has 0 aliphatic carbocycles.